The number of anilines is 1. The van der Waals surface area contributed by atoms with E-state index >= 15 is 0 Å². The zero-order valence-electron chi connectivity index (χ0n) is 11.7. The van der Waals surface area contributed by atoms with Crippen LogP contribution in [0.3, 0.4) is 0 Å². The number of oxime groups is 1. The van der Waals surface area contributed by atoms with E-state index in [4.69, 9.17) is 10.9 Å². The number of nitrogens with two attached hydrogens (primary N) is 1. The van der Waals surface area contributed by atoms with Crippen LogP contribution in [-0.2, 0) is 0 Å². The average Bonchev–Trinajstić information content (AvgIpc) is 2.47. The van der Waals surface area contributed by atoms with Gasteiger partial charge in [0.05, 0.1) is 5.69 Å². The molecule has 0 radical (unpaired) electrons. The summed E-state index contributed by atoms with van der Waals surface area (Å²) in [5.74, 6) is -0.416. The highest BCUT2D eigenvalue weighted by atomic mass is 19.1. The molecule has 0 bridgehead atoms. The predicted octanol–water partition coefficient (Wildman–Crippen LogP) is 1.45. The van der Waals surface area contributed by atoms with Crippen molar-refractivity contribution in [2.45, 2.75) is 13.3 Å². The highest BCUT2D eigenvalue weighted by Crippen LogP contribution is 2.22. The molecule has 0 aromatic heterocycles. The molecule has 5 nitrogen and oxygen atoms in total. The number of halogens is 1. The molecule has 0 unspecified atom stereocenters. The predicted molar refractivity (Wildman–Crippen MR) is 77.9 cm³/mol. The fourth-order valence-electron chi connectivity index (χ4n) is 2.51. The van der Waals surface area contributed by atoms with Gasteiger partial charge in [0.1, 0.15) is 5.82 Å². The molecule has 1 saturated heterocycles. The molecule has 6 heteroatoms. The molecule has 1 aliphatic rings. The lowest BCUT2D eigenvalue weighted by Gasteiger charge is -2.36. The molecule has 0 atom stereocenters. The van der Waals surface area contributed by atoms with E-state index in [1.54, 1.807) is 12.1 Å². The molecule has 0 spiro atoms. The van der Waals surface area contributed by atoms with Gasteiger partial charge in [-0.1, -0.05) is 12.1 Å². The second-order valence-electron chi connectivity index (χ2n) is 4.98. The van der Waals surface area contributed by atoms with Crippen molar-refractivity contribution in [3.8, 4) is 0 Å². The van der Waals surface area contributed by atoms with Crippen LogP contribution in [0.25, 0.3) is 0 Å². The van der Waals surface area contributed by atoms with Crippen molar-refractivity contribution in [3.05, 3.63) is 29.6 Å². The molecule has 110 valence electrons. The fraction of sp³-hybridized carbons (Fsp3) is 0.500. The van der Waals surface area contributed by atoms with Gasteiger partial charge < -0.3 is 15.8 Å². The van der Waals surface area contributed by atoms with Gasteiger partial charge in [-0.25, -0.2) is 4.39 Å². The van der Waals surface area contributed by atoms with Crippen molar-refractivity contribution in [2.24, 2.45) is 10.9 Å². The van der Waals surface area contributed by atoms with Crippen LogP contribution in [0.4, 0.5) is 10.1 Å². The molecule has 3 N–H and O–H groups in total. The highest BCUT2D eigenvalue weighted by molar-refractivity contribution is 5.97. The number of piperazine rings is 1. The molecule has 1 fully saturated rings. The van der Waals surface area contributed by atoms with Crippen LogP contribution < -0.4 is 10.6 Å². The lowest BCUT2D eigenvalue weighted by atomic mass is 10.1. The maximum atomic E-state index is 14.1. The lowest BCUT2D eigenvalue weighted by molar-refractivity contribution is 0.258. The molecule has 0 saturated carbocycles. The third kappa shape index (κ3) is 3.19. The minimum atomic E-state index is -0.335. The first-order chi connectivity index (χ1) is 9.65. The third-order valence-electron chi connectivity index (χ3n) is 3.60. The first-order valence-corrected chi connectivity index (χ1v) is 6.90. The summed E-state index contributed by atoms with van der Waals surface area (Å²) in [4.78, 5) is 4.43. The van der Waals surface area contributed by atoms with Crippen molar-refractivity contribution in [1.82, 2.24) is 4.90 Å². The number of benzene rings is 1. The molecule has 1 aliphatic heterocycles. The van der Waals surface area contributed by atoms with Gasteiger partial charge >= 0.3 is 0 Å². The molecular weight excluding hydrogens is 259 g/mol. The highest BCUT2D eigenvalue weighted by Gasteiger charge is 2.19. The number of amidine groups is 1. The second kappa shape index (κ2) is 6.56. The van der Waals surface area contributed by atoms with Crippen LogP contribution in [-0.4, -0.2) is 48.7 Å². The Morgan fingerprint density at radius 1 is 1.35 bits per heavy atom. The topological polar surface area (TPSA) is 65.1 Å². The van der Waals surface area contributed by atoms with E-state index in [1.807, 2.05) is 4.90 Å². The standard InChI is InChI=1S/C14H21FN4O/c1-2-5-18-6-8-19(9-7-18)13-4-3-11(10-12(13)15)14(16)17-20/h3-4,10,20H,2,5-9H2,1H3,(H2,16,17). The van der Waals surface area contributed by atoms with Crippen LogP contribution in [0.2, 0.25) is 0 Å². The summed E-state index contributed by atoms with van der Waals surface area (Å²) < 4.78 is 14.1. The van der Waals surface area contributed by atoms with Gasteiger partial charge in [-0.05, 0) is 31.2 Å². The summed E-state index contributed by atoms with van der Waals surface area (Å²) in [7, 11) is 0. The van der Waals surface area contributed by atoms with E-state index < -0.39 is 0 Å². The zero-order chi connectivity index (χ0) is 14.5. The first-order valence-electron chi connectivity index (χ1n) is 6.90. The van der Waals surface area contributed by atoms with Gasteiger partial charge in [0, 0.05) is 31.7 Å². The molecule has 20 heavy (non-hydrogen) atoms. The van der Waals surface area contributed by atoms with E-state index in [0.717, 1.165) is 39.1 Å². The van der Waals surface area contributed by atoms with Crippen molar-refractivity contribution in [3.63, 3.8) is 0 Å². The monoisotopic (exact) mass is 280 g/mol. The number of hydrogen-bond acceptors (Lipinski definition) is 4. The Hall–Kier alpha value is -1.82. The van der Waals surface area contributed by atoms with Crippen molar-refractivity contribution >= 4 is 11.5 Å². The maximum absolute atomic E-state index is 14.1. The molecule has 1 heterocycles. The summed E-state index contributed by atoms with van der Waals surface area (Å²) in [5, 5.41) is 11.5. The Bertz CT molecular complexity index is 484. The van der Waals surface area contributed by atoms with Gasteiger partial charge in [0.2, 0.25) is 0 Å². The van der Waals surface area contributed by atoms with Gasteiger partial charge in [-0.15, -0.1) is 0 Å². The fourth-order valence-corrected chi connectivity index (χ4v) is 2.51. The SMILES string of the molecule is CCCN1CCN(c2ccc(/C(N)=N/O)cc2F)CC1. The minimum Gasteiger partial charge on any atom is -0.409 e. The Kier molecular flexibility index (Phi) is 4.79. The van der Waals surface area contributed by atoms with E-state index in [2.05, 4.69) is 17.0 Å². The van der Waals surface area contributed by atoms with Gasteiger partial charge in [0.25, 0.3) is 0 Å². The summed E-state index contributed by atoms with van der Waals surface area (Å²) in [6.45, 7) is 6.81. The van der Waals surface area contributed by atoms with E-state index in [9.17, 15) is 4.39 Å². The number of nitrogens with zero attached hydrogens (tertiary/aromatic N) is 3. The Morgan fingerprint density at radius 2 is 2.05 bits per heavy atom. The zero-order valence-corrected chi connectivity index (χ0v) is 11.7. The molecule has 0 amide bonds. The van der Waals surface area contributed by atoms with Crippen molar-refractivity contribution < 1.29 is 9.60 Å². The van der Waals surface area contributed by atoms with Crippen molar-refractivity contribution in [2.75, 3.05) is 37.6 Å². The van der Waals surface area contributed by atoms with Gasteiger partial charge in [-0.3, -0.25) is 4.90 Å². The number of hydrogen-bond donors (Lipinski definition) is 2. The van der Waals surface area contributed by atoms with Gasteiger partial charge in [-0.2, -0.15) is 0 Å². The van der Waals surface area contributed by atoms with Crippen LogP contribution in [0.1, 0.15) is 18.9 Å². The Balaban J connectivity index is 2.07. The van der Waals surface area contributed by atoms with Crippen LogP contribution in [0, 0.1) is 5.82 Å². The summed E-state index contributed by atoms with van der Waals surface area (Å²) in [5.41, 5.74) is 6.42. The second-order valence-corrected chi connectivity index (χ2v) is 4.98. The maximum Gasteiger partial charge on any atom is 0.170 e. The quantitative estimate of drug-likeness (QED) is 0.379. The van der Waals surface area contributed by atoms with Gasteiger partial charge in [0.15, 0.2) is 5.84 Å². The molecule has 0 aliphatic carbocycles. The van der Waals surface area contributed by atoms with Crippen LogP contribution in [0.5, 0.6) is 0 Å². The largest absolute Gasteiger partial charge is 0.409 e. The summed E-state index contributed by atoms with van der Waals surface area (Å²) in [6.07, 6.45) is 1.14. The van der Waals surface area contributed by atoms with E-state index in [0.29, 0.717) is 11.3 Å². The lowest BCUT2D eigenvalue weighted by Crippen LogP contribution is -2.46. The molecule has 1 aromatic rings. The normalized spacial score (nSPS) is 17.5. The van der Waals surface area contributed by atoms with Crippen LogP contribution >= 0.6 is 0 Å². The summed E-state index contributed by atoms with van der Waals surface area (Å²) >= 11 is 0. The molecular formula is C14H21FN4O. The van der Waals surface area contributed by atoms with Crippen molar-refractivity contribution in [1.29, 1.82) is 0 Å². The van der Waals surface area contributed by atoms with E-state index in [-0.39, 0.29) is 11.7 Å². The summed E-state index contributed by atoms with van der Waals surface area (Å²) in [6, 6.07) is 4.67. The third-order valence-corrected chi connectivity index (χ3v) is 3.60. The molecule has 1 aromatic carbocycles. The van der Waals surface area contributed by atoms with E-state index in [1.165, 1.54) is 6.07 Å². The number of rotatable bonds is 4. The molecule has 2 rings (SSSR count). The average molecular weight is 280 g/mol. The minimum absolute atomic E-state index is 0.0804. The Labute approximate surface area is 118 Å². The Morgan fingerprint density at radius 3 is 2.60 bits per heavy atom. The van der Waals surface area contributed by atoms with Crippen LogP contribution in [0.15, 0.2) is 23.4 Å². The smallest absolute Gasteiger partial charge is 0.170 e. The first kappa shape index (κ1) is 14.6.